The molecule has 0 atom stereocenters. The number of carbonyl (C=O) groups is 1. The van der Waals surface area contributed by atoms with Crippen molar-refractivity contribution in [1.82, 2.24) is 14.8 Å². The maximum Gasteiger partial charge on any atom is 0.177 e. The summed E-state index contributed by atoms with van der Waals surface area (Å²) in [5.74, 6) is 0.150. The Balaban J connectivity index is 2.66. The van der Waals surface area contributed by atoms with Crippen LogP contribution in [0.5, 0.6) is 0 Å². The van der Waals surface area contributed by atoms with E-state index in [9.17, 15) is 4.79 Å². The molecule has 5 nitrogen and oxygen atoms in total. The van der Waals surface area contributed by atoms with Crippen molar-refractivity contribution in [3.8, 4) is 11.9 Å². The largest absolute Gasteiger partial charge is 0.294 e. The normalized spacial score (nSPS) is 10.1. The zero-order valence-corrected chi connectivity index (χ0v) is 11.5. The van der Waals surface area contributed by atoms with Crippen LogP contribution in [-0.2, 0) is 0 Å². The third kappa shape index (κ3) is 2.28. The van der Waals surface area contributed by atoms with Crippen LogP contribution >= 0.6 is 27.5 Å². The van der Waals surface area contributed by atoms with Gasteiger partial charge in [0.2, 0.25) is 0 Å². The third-order valence-electron chi connectivity index (χ3n) is 2.21. The molecule has 18 heavy (non-hydrogen) atoms. The van der Waals surface area contributed by atoms with Gasteiger partial charge >= 0.3 is 0 Å². The summed E-state index contributed by atoms with van der Waals surface area (Å²) in [4.78, 5) is 15.6. The Morgan fingerprint density at radius 1 is 1.56 bits per heavy atom. The van der Waals surface area contributed by atoms with Crippen LogP contribution in [0.15, 0.2) is 22.8 Å². The molecule has 2 aromatic rings. The van der Waals surface area contributed by atoms with Gasteiger partial charge in [0.05, 0.1) is 10.0 Å². The Labute approximate surface area is 116 Å². The molecule has 0 radical (unpaired) electrons. The van der Waals surface area contributed by atoms with Crippen molar-refractivity contribution < 1.29 is 4.79 Å². The average molecular weight is 326 g/mol. The predicted octanol–water partition coefficient (Wildman–Crippen LogP) is 2.76. The molecule has 0 saturated carbocycles. The molecule has 7 heteroatoms. The number of nitriles is 1. The first-order chi connectivity index (χ1) is 8.52. The van der Waals surface area contributed by atoms with Crippen LogP contribution in [0, 0.1) is 11.3 Å². The van der Waals surface area contributed by atoms with Crippen LogP contribution in [0.1, 0.15) is 23.0 Å². The minimum Gasteiger partial charge on any atom is -0.294 e. The van der Waals surface area contributed by atoms with Gasteiger partial charge in [-0.05, 0) is 35.0 Å². The standard InChI is InChI=1S/C11H6BrClN4O/c1-6(18)7-2-3-10(13)15-11(7)17-5-8(12)9(4-14)16-17/h2-3,5H,1H3. The highest BCUT2D eigenvalue weighted by Gasteiger charge is 2.14. The summed E-state index contributed by atoms with van der Waals surface area (Å²) in [6, 6.07) is 5.04. The molecule has 2 aromatic heterocycles. The highest BCUT2D eigenvalue weighted by Crippen LogP contribution is 2.20. The summed E-state index contributed by atoms with van der Waals surface area (Å²) in [6.07, 6.45) is 1.56. The van der Waals surface area contributed by atoms with Crippen molar-refractivity contribution in [2.24, 2.45) is 0 Å². The molecule has 0 spiro atoms. The highest BCUT2D eigenvalue weighted by molar-refractivity contribution is 9.10. The van der Waals surface area contributed by atoms with Gasteiger partial charge in [-0.15, -0.1) is 0 Å². The maximum absolute atomic E-state index is 11.5. The van der Waals surface area contributed by atoms with Gasteiger partial charge in [-0.2, -0.15) is 10.4 Å². The van der Waals surface area contributed by atoms with E-state index in [0.29, 0.717) is 15.9 Å². The van der Waals surface area contributed by atoms with Crippen LogP contribution in [0.4, 0.5) is 0 Å². The lowest BCUT2D eigenvalue weighted by molar-refractivity contribution is 0.101. The fourth-order valence-corrected chi connectivity index (χ4v) is 1.92. The van der Waals surface area contributed by atoms with Crippen molar-refractivity contribution in [3.63, 3.8) is 0 Å². The minimum atomic E-state index is -0.153. The fourth-order valence-electron chi connectivity index (χ4n) is 1.41. The van der Waals surface area contributed by atoms with Gasteiger partial charge in [0.1, 0.15) is 11.2 Å². The number of aromatic nitrogens is 3. The molecular formula is C11H6BrClN4O. The molecule has 0 unspecified atom stereocenters. The van der Waals surface area contributed by atoms with Crippen molar-refractivity contribution in [2.75, 3.05) is 0 Å². The lowest BCUT2D eigenvalue weighted by atomic mass is 10.2. The van der Waals surface area contributed by atoms with E-state index in [1.54, 1.807) is 12.3 Å². The number of halogens is 2. The number of rotatable bonds is 2. The monoisotopic (exact) mass is 324 g/mol. The van der Waals surface area contributed by atoms with Crippen molar-refractivity contribution >= 4 is 33.3 Å². The molecule has 90 valence electrons. The van der Waals surface area contributed by atoms with Crippen molar-refractivity contribution in [1.29, 1.82) is 5.26 Å². The molecule has 0 aliphatic carbocycles. The van der Waals surface area contributed by atoms with E-state index in [0.717, 1.165) is 0 Å². The number of hydrogen-bond acceptors (Lipinski definition) is 4. The van der Waals surface area contributed by atoms with Gasteiger partial charge in [-0.1, -0.05) is 11.6 Å². The number of hydrogen-bond donors (Lipinski definition) is 0. The highest BCUT2D eigenvalue weighted by atomic mass is 79.9. The number of Topliss-reactive ketones (excluding diaryl/α,β-unsaturated/α-hetero) is 1. The van der Waals surface area contributed by atoms with Gasteiger partial charge in [-0.25, -0.2) is 9.67 Å². The topological polar surface area (TPSA) is 71.6 Å². The molecule has 0 aromatic carbocycles. The van der Waals surface area contributed by atoms with Crippen LogP contribution in [-0.4, -0.2) is 20.5 Å². The molecular weight excluding hydrogens is 320 g/mol. The fraction of sp³-hybridized carbons (Fsp3) is 0.0909. The van der Waals surface area contributed by atoms with E-state index in [4.69, 9.17) is 16.9 Å². The van der Waals surface area contributed by atoms with Gasteiger partial charge in [-0.3, -0.25) is 4.79 Å². The van der Waals surface area contributed by atoms with E-state index in [1.807, 2.05) is 6.07 Å². The molecule has 0 aliphatic heterocycles. The maximum atomic E-state index is 11.5. The van der Waals surface area contributed by atoms with Crippen molar-refractivity contribution in [2.45, 2.75) is 6.92 Å². The second kappa shape index (κ2) is 4.88. The summed E-state index contributed by atoms with van der Waals surface area (Å²) >= 11 is 9.01. The van der Waals surface area contributed by atoms with E-state index >= 15 is 0 Å². The van der Waals surface area contributed by atoms with E-state index in [1.165, 1.54) is 17.7 Å². The molecule has 2 rings (SSSR count). The molecule has 0 N–H and O–H groups in total. The van der Waals surface area contributed by atoms with Crippen LogP contribution in [0.25, 0.3) is 5.82 Å². The summed E-state index contributed by atoms with van der Waals surface area (Å²) in [6.45, 7) is 1.43. The summed E-state index contributed by atoms with van der Waals surface area (Å²) in [5, 5.41) is 13.1. The van der Waals surface area contributed by atoms with E-state index in [2.05, 4.69) is 26.0 Å². The SMILES string of the molecule is CC(=O)c1ccc(Cl)nc1-n1cc(Br)c(C#N)n1. The number of nitrogens with zero attached hydrogens (tertiary/aromatic N) is 4. The van der Waals surface area contributed by atoms with Gasteiger partial charge in [0, 0.05) is 6.20 Å². The Morgan fingerprint density at radius 2 is 2.28 bits per heavy atom. The quantitative estimate of drug-likeness (QED) is 0.629. The smallest absolute Gasteiger partial charge is 0.177 e. The number of pyridine rings is 1. The second-order valence-electron chi connectivity index (χ2n) is 3.44. The zero-order valence-electron chi connectivity index (χ0n) is 9.19. The number of ketones is 1. The summed E-state index contributed by atoms with van der Waals surface area (Å²) < 4.78 is 1.88. The van der Waals surface area contributed by atoms with Crippen LogP contribution in [0.2, 0.25) is 5.15 Å². The van der Waals surface area contributed by atoms with Crippen LogP contribution < -0.4 is 0 Å². The Hall–Kier alpha value is -1.71. The predicted molar refractivity (Wildman–Crippen MR) is 68.8 cm³/mol. The molecule has 0 bridgehead atoms. The summed E-state index contributed by atoms with van der Waals surface area (Å²) in [5.41, 5.74) is 0.602. The number of carbonyl (C=O) groups excluding carboxylic acids is 1. The average Bonchev–Trinajstić information content (AvgIpc) is 2.70. The third-order valence-corrected chi connectivity index (χ3v) is 3.00. The first-order valence-corrected chi connectivity index (χ1v) is 6.03. The van der Waals surface area contributed by atoms with Gasteiger partial charge in [0.25, 0.3) is 0 Å². The molecule has 0 amide bonds. The van der Waals surface area contributed by atoms with Gasteiger partial charge < -0.3 is 0 Å². The Bertz CT molecular complexity index is 674. The Kier molecular flexibility index (Phi) is 3.45. The van der Waals surface area contributed by atoms with Gasteiger partial charge in [0.15, 0.2) is 17.3 Å². The zero-order chi connectivity index (χ0) is 13.3. The summed E-state index contributed by atoms with van der Waals surface area (Å²) in [7, 11) is 0. The van der Waals surface area contributed by atoms with E-state index in [-0.39, 0.29) is 16.6 Å². The van der Waals surface area contributed by atoms with Crippen LogP contribution in [0.3, 0.4) is 0 Å². The molecule has 2 heterocycles. The molecule has 0 aliphatic rings. The molecule has 0 fully saturated rings. The first kappa shape index (κ1) is 12.7. The minimum absolute atomic E-state index is 0.153. The first-order valence-electron chi connectivity index (χ1n) is 4.86. The lowest BCUT2D eigenvalue weighted by Crippen LogP contribution is -2.07. The Morgan fingerprint density at radius 3 is 2.83 bits per heavy atom. The molecule has 0 saturated heterocycles. The second-order valence-corrected chi connectivity index (χ2v) is 4.68. The lowest BCUT2D eigenvalue weighted by Gasteiger charge is -2.05. The van der Waals surface area contributed by atoms with Crippen molar-refractivity contribution in [3.05, 3.63) is 39.2 Å². The van der Waals surface area contributed by atoms with E-state index < -0.39 is 0 Å².